The Bertz CT molecular complexity index is 1000. The molecule has 1 aliphatic heterocycles. The molecular formula is C19H18N2O5. The van der Waals surface area contributed by atoms with Crippen LogP contribution in [0.5, 0.6) is 11.5 Å². The van der Waals surface area contributed by atoms with E-state index >= 15 is 0 Å². The molecule has 0 spiro atoms. The van der Waals surface area contributed by atoms with Crippen LogP contribution < -0.4 is 20.5 Å². The van der Waals surface area contributed by atoms with Crippen molar-refractivity contribution < 1.29 is 18.7 Å². The molecule has 3 aromatic rings. The minimum Gasteiger partial charge on any atom is -0.486 e. The minimum absolute atomic E-state index is 0.0724. The second-order valence-electron chi connectivity index (χ2n) is 6.00. The highest BCUT2D eigenvalue weighted by atomic mass is 16.6. The molecule has 0 saturated carbocycles. The lowest BCUT2D eigenvalue weighted by molar-refractivity contribution is -0.121. The zero-order valence-corrected chi connectivity index (χ0v) is 14.1. The number of ether oxygens (including phenoxy) is 2. The van der Waals surface area contributed by atoms with E-state index in [0.29, 0.717) is 37.3 Å². The summed E-state index contributed by atoms with van der Waals surface area (Å²) in [5.74, 6) is 0.705. The average molecular weight is 354 g/mol. The standard InChI is InChI=1S/C19H18N2O5/c22-18(12-21-14-3-1-2-4-15(14)26-19(21)23)20-8-7-13-5-6-16-17(11-13)25-10-9-24-16/h1-6,11H,7-10,12H2,(H,20,22). The van der Waals surface area contributed by atoms with E-state index in [2.05, 4.69) is 5.32 Å². The Morgan fingerprint density at radius 1 is 1.08 bits per heavy atom. The molecule has 1 amide bonds. The molecule has 26 heavy (non-hydrogen) atoms. The number of para-hydroxylation sites is 2. The van der Waals surface area contributed by atoms with Crippen molar-refractivity contribution in [3.8, 4) is 11.5 Å². The van der Waals surface area contributed by atoms with E-state index in [1.54, 1.807) is 24.3 Å². The number of oxazole rings is 1. The van der Waals surface area contributed by atoms with Crippen LogP contribution in [0.15, 0.2) is 51.7 Å². The van der Waals surface area contributed by atoms with Crippen molar-refractivity contribution in [2.75, 3.05) is 19.8 Å². The van der Waals surface area contributed by atoms with Crippen molar-refractivity contribution in [1.82, 2.24) is 9.88 Å². The van der Waals surface area contributed by atoms with Gasteiger partial charge < -0.3 is 19.2 Å². The van der Waals surface area contributed by atoms with Crippen molar-refractivity contribution >= 4 is 17.0 Å². The molecule has 0 radical (unpaired) electrons. The first-order valence-corrected chi connectivity index (χ1v) is 8.44. The number of carbonyl (C=O) groups is 1. The third kappa shape index (κ3) is 3.28. The number of amides is 1. The van der Waals surface area contributed by atoms with Gasteiger partial charge in [-0.2, -0.15) is 0 Å². The van der Waals surface area contributed by atoms with Crippen LogP contribution in [0, 0.1) is 0 Å². The van der Waals surface area contributed by atoms with E-state index < -0.39 is 5.76 Å². The molecule has 0 unspecified atom stereocenters. The van der Waals surface area contributed by atoms with Crippen LogP contribution in [0.3, 0.4) is 0 Å². The predicted octanol–water partition coefficient (Wildman–Crippen LogP) is 1.72. The van der Waals surface area contributed by atoms with E-state index in [0.717, 1.165) is 17.1 Å². The maximum Gasteiger partial charge on any atom is 0.420 e. The fourth-order valence-electron chi connectivity index (χ4n) is 2.95. The number of aromatic nitrogens is 1. The van der Waals surface area contributed by atoms with Crippen molar-refractivity contribution in [1.29, 1.82) is 0 Å². The summed E-state index contributed by atoms with van der Waals surface area (Å²) in [5.41, 5.74) is 2.13. The Hall–Kier alpha value is -3.22. The molecule has 1 aliphatic rings. The van der Waals surface area contributed by atoms with Gasteiger partial charge in [0.05, 0.1) is 5.52 Å². The fraction of sp³-hybridized carbons (Fsp3) is 0.263. The summed E-state index contributed by atoms with van der Waals surface area (Å²) in [7, 11) is 0. The monoisotopic (exact) mass is 354 g/mol. The van der Waals surface area contributed by atoms with Gasteiger partial charge in [-0.3, -0.25) is 9.36 Å². The Labute approximate surface area is 149 Å². The second-order valence-corrected chi connectivity index (χ2v) is 6.00. The van der Waals surface area contributed by atoms with Gasteiger partial charge in [-0.15, -0.1) is 0 Å². The quantitative estimate of drug-likeness (QED) is 0.754. The minimum atomic E-state index is -0.534. The maximum absolute atomic E-state index is 12.2. The molecule has 2 heterocycles. The molecule has 1 aromatic heterocycles. The van der Waals surface area contributed by atoms with Gasteiger partial charge in [0.15, 0.2) is 17.1 Å². The van der Waals surface area contributed by atoms with E-state index in [9.17, 15) is 9.59 Å². The number of carbonyl (C=O) groups excluding carboxylic acids is 1. The second kappa shape index (κ2) is 6.95. The molecule has 7 nitrogen and oxygen atoms in total. The number of hydrogen-bond donors (Lipinski definition) is 1. The van der Waals surface area contributed by atoms with Crippen molar-refractivity contribution in [3.05, 3.63) is 58.6 Å². The van der Waals surface area contributed by atoms with Gasteiger partial charge in [-0.1, -0.05) is 18.2 Å². The van der Waals surface area contributed by atoms with Gasteiger partial charge >= 0.3 is 5.76 Å². The fourth-order valence-corrected chi connectivity index (χ4v) is 2.95. The molecule has 134 valence electrons. The molecule has 1 N–H and O–H groups in total. The molecule has 0 saturated heterocycles. The number of fused-ring (bicyclic) bond motifs is 2. The van der Waals surface area contributed by atoms with Crippen molar-refractivity contribution in [2.45, 2.75) is 13.0 Å². The highest BCUT2D eigenvalue weighted by molar-refractivity contribution is 5.79. The van der Waals surface area contributed by atoms with Crippen LogP contribution in [0.2, 0.25) is 0 Å². The lowest BCUT2D eigenvalue weighted by Gasteiger charge is -2.18. The average Bonchev–Trinajstić information content (AvgIpc) is 2.97. The third-order valence-electron chi connectivity index (χ3n) is 4.22. The van der Waals surface area contributed by atoms with Gasteiger partial charge in [0.25, 0.3) is 0 Å². The van der Waals surface area contributed by atoms with Crippen LogP contribution in [0.1, 0.15) is 5.56 Å². The van der Waals surface area contributed by atoms with Crippen LogP contribution >= 0.6 is 0 Å². The zero-order chi connectivity index (χ0) is 17.9. The number of hydrogen-bond acceptors (Lipinski definition) is 5. The van der Waals surface area contributed by atoms with E-state index in [1.165, 1.54) is 4.57 Å². The van der Waals surface area contributed by atoms with Crippen LogP contribution in [-0.4, -0.2) is 30.2 Å². The lowest BCUT2D eigenvalue weighted by Crippen LogP contribution is -2.32. The Kier molecular flexibility index (Phi) is 4.35. The third-order valence-corrected chi connectivity index (χ3v) is 4.22. The summed E-state index contributed by atoms with van der Waals surface area (Å²) >= 11 is 0. The summed E-state index contributed by atoms with van der Waals surface area (Å²) in [4.78, 5) is 24.1. The molecule has 4 rings (SSSR count). The predicted molar refractivity (Wildman–Crippen MR) is 94.6 cm³/mol. The number of rotatable bonds is 5. The molecule has 0 bridgehead atoms. The van der Waals surface area contributed by atoms with Crippen LogP contribution in [0.25, 0.3) is 11.1 Å². The highest BCUT2D eigenvalue weighted by Gasteiger charge is 2.13. The number of nitrogens with zero attached hydrogens (tertiary/aromatic N) is 1. The normalized spacial score (nSPS) is 12.9. The molecule has 0 aliphatic carbocycles. The smallest absolute Gasteiger partial charge is 0.420 e. The first-order chi connectivity index (χ1) is 12.7. The van der Waals surface area contributed by atoms with Crippen LogP contribution in [0.4, 0.5) is 0 Å². The molecule has 0 atom stereocenters. The Balaban J connectivity index is 1.35. The van der Waals surface area contributed by atoms with Gasteiger partial charge in [-0.25, -0.2) is 4.79 Å². The first-order valence-electron chi connectivity index (χ1n) is 8.44. The zero-order valence-electron chi connectivity index (χ0n) is 14.1. The van der Waals surface area contributed by atoms with Gasteiger partial charge in [0.2, 0.25) is 5.91 Å². The van der Waals surface area contributed by atoms with Gasteiger partial charge in [-0.05, 0) is 36.2 Å². The molecule has 0 fully saturated rings. The van der Waals surface area contributed by atoms with E-state index in [-0.39, 0.29) is 12.5 Å². The van der Waals surface area contributed by atoms with Crippen molar-refractivity contribution in [3.63, 3.8) is 0 Å². The van der Waals surface area contributed by atoms with Gasteiger partial charge in [0.1, 0.15) is 19.8 Å². The summed E-state index contributed by atoms with van der Waals surface area (Å²) < 4.78 is 17.5. The highest BCUT2D eigenvalue weighted by Crippen LogP contribution is 2.30. The largest absolute Gasteiger partial charge is 0.486 e. The number of benzene rings is 2. The summed E-state index contributed by atoms with van der Waals surface area (Å²) in [5, 5.41) is 2.83. The topological polar surface area (TPSA) is 82.7 Å². The first kappa shape index (κ1) is 16.3. The Morgan fingerprint density at radius 2 is 1.88 bits per heavy atom. The molecule has 7 heteroatoms. The lowest BCUT2D eigenvalue weighted by atomic mass is 10.1. The van der Waals surface area contributed by atoms with Crippen LogP contribution in [-0.2, 0) is 17.8 Å². The van der Waals surface area contributed by atoms with Gasteiger partial charge in [0, 0.05) is 6.54 Å². The summed E-state index contributed by atoms with van der Waals surface area (Å²) in [6.07, 6.45) is 0.656. The molecular weight excluding hydrogens is 336 g/mol. The summed E-state index contributed by atoms with van der Waals surface area (Å²) in [6, 6.07) is 12.8. The summed E-state index contributed by atoms with van der Waals surface area (Å²) in [6.45, 7) is 1.49. The van der Waals surface area contributed by atoms with E-state index in [1.807, 2.05) is 18.2 Å². The SMILES string of the molecule is O=C(Cn1c(=O)oc2ccccc21)NCCc1ccc2c(c1)OCCO2. The molecule has 2 aromatic carbocycles. The Morgan fingerprint density at radius 3 is 2.77 bits per heavy atom. The maximum atomic E-state index is 12.2. The van der Waals surface area contributed by atoms with Crippen molar-refractivity contribution in [2.24, 2.45) is 0 Å². The van der Waals surface area contributed by atoms with E-state index in [4.69, 9.17) is 13.9 Å². The number of nitrogens with one attached hydrogen (secondary N) is 1.